The fourth-order valence-electron chi connectivity index (χ4n) is 5.67. The number of carbonyl (C=O) groups is 3. The van der Waals surface area contributed by atoms with Gasteiger partial charge in [-0.1, -0.05) is 72.7 Å². The van der Waals surface area contributed by atoms with Gasteiger partial charge in [-0.2, -0.15) is 0 Å². The van der Waals surface area contributed by atoms with Gasteiger partial charge in [0, 0.05) is 42.2 Å². The molecule has 0 fully saturated rings. The van der Waals surface area contributed by atoms with Gasteiger partial charge < -0.3 is 19.5 Å². The fourth-order valence-corrected chi connectivity index (χ4v) is 5.67. The van der Waals surface area contributed by atoms with Crippen molar-refractivity contribution in [3.05, 3.63) is 47.7 Å². The lowest BCUT2D eigenvalue weighted by molar-refractivity contribution is -0.142. The Balaban J connectivity index is 2.48. The summed E-state index contributed by atoms with van der Waals surface area (Å²) in [6.45, 7) is 15.7. The highest BCUT2D eigenvalue weighted by Crippen LogP contribution is 2.36. The van der Waals surface area contributed by atoms with Crippen LogP contribution in [0.25, 0.3) is 10.9 Å². The maximum absolute atomic E-state index is 14.1. The van der Waals surface area contributed by atoms with Crippen LogP contribution in [0.5, 0.6) is 0 Å². The van der Waals surface area contributed by atoms with E-state index in [-0.39, 0.29) is 23.8 Å². The number of methoxy groups -OCH3 is 1. The molecule has 8 nitrogen and oxygen atoms in total. The molecule has 1 N–H and O–H groups in total. The van der Waals surface area contributed by atoms with Crippen molar-refractivity contribution in [3.8, 4) is 0 Å². The van der Waals surface area contributed by atoms with Crippen LogP contribution in [0.2, 0.25) is 0 Å². The molecule has 0 saturated heterocycles. The van der Waals surface area contributed by atoms with Gasteiger partial charge in [-0.15, -0.1) is 0 Å². The predicted octanol–water partition coefficient (Wildman–Crippen LogP) is 4.52. The number of likely N-dealkylation sites (N-methyl/N-ethyl adjacent to an activating group) is 2. The lowest BCUT2D eigenvalue weighted by atomic mass is 9.76. The van der Waals surface area contributed by atoms with Crippen molar-refractivity contribution >= 4 is 28.7 Å². The number of para-hydroxylation sites is 1. The van der Waals surface area contributed by atoms with Crippen molar-refractivity contribution in [1.82, 2.24) is 19.7 Å². The number of rotatable bonds is 10. The average Bonchev–Trinajstić information content (AvgIpc) is 3.20. The quantitative estimate of drug-likeness (QED) is 0.345. The van der Waals surface area contributed by atoms with E-state index in [9.17, 15) is 14.4 Å². The summed E-state index contributed by atoms with van der Waals surface area (Å²) in [5.41, 5.74) is 1.46. The Morgan fingerprint density at radius 1 is 1.02 bits per heavy atom. The Hall–Kier alpha value is -3.13. The van der Waals surface area contributed by atoms with Crippen LogP contribution in [0.1, 0.15) is 61.0 Å². The number of aryl methyl sites for hydroxylation is 1. The molecule has 2 rings (SSSR count). The Bertz CT molecular complexity index is 1250. The molecule has 3 atom stereocenters. The Kier molecular flexibility index (Phi) is 10.4. The SMILES string of the molecule is COC(=O)/C(C)=C/[C@H](C(C)C)N(C)C(=O)[C@@H](NC(=O)[C@@H](N(C)C)C(C)(C)c1cn(C)c2ccccc12)C(C)(C)C. The number of hydrogen-bond donors (Lipinski definition) is 1. The smallest absolute Gasteiger partial charge is 0.333 e. The van der Waals surface area contributed by atoms with Crippen LogP contribution in [-0.2, 0) is 31.6 Å². The molecule has 0 saturated carbocycles. The summed E-state index contributed by atoms with van der Waals surface area (Å²) in [5, 5.41) is 4.24. The number of nitrogens with zero attached hydrogens (tertiary/aromatic N) is 3. The summed E-state index contributed by atoms with van der Waals surface area (Å²) in [6.07, 6.45) is 3.86. The Morgan fingerprint density at radius 2 is 1.60 bits per heavy atom. The molecule has 2 amide bonds. The predicted molar refractivity (Wildman–Crippen MR) is 162 cm³/mol. The molecule has 40 heavy (non-hydrogen) atoms. The number of esters is 1. The van der Waals surface area contributed by atoms with Gasteiger partial charge in [0.1, 0.15) is 6.04 Å². The van der Waals surface area contributed by atoms with Gasteiger partial charge in [0.05, 0.1) is 19.2 Å². The molecule has 0 aliphatic rings. The lowest BCUT2D eigenvalue weighted by Crippen LogP contribution is -2.61. The minimum absolute atomic E-state index is 0.0321. The van der Waals surface area contributed by atoms with Gasteiger partial charge in [-0.05, 0) is 44.0 Å². The number of benzene rings is 1. The van der Waals surface area contributed by atoms with Gasteiger partial charge in [-0.3, -0.25) is 14.5 Å². The molecule has 0 spiro atoms. The molecule has 0 radical (unpaired) electrons. The number of amides is 2. The van der Waals surface area contributed by atoms with E-state index < -0.39 is 28.9 Å². The Morgan fingerprint density at radius 3 is 2.10 bits per heavy atom. The first kappa shape index (κ1) is 33.1. The van der Waals surface area contributed by atoms with Crippen molar-refractivity contribution in [1.29, 1.82) is 0 Å². The summed E-state index contributed by atoms with van der Waals surface area (Å²) < 4.78 is 6.95. The topological polar surface area (TPSA) is 83.9 Å². The van der Waals surface area contributed by atoms with Crippen molar-refractivity contribution in [3.63, 3.8) is 0 Å². The standard InChI is InChI=1S/C32H50N4O4/c1-20(2)25(18-21(3)30(39)40-13)36(12)29(38)26(31(4,5)6)33-28(37)27(34(9)10)32(7,8)23-19-35(11)24-17-15-14-16-22(23)24/h14-20,25-27H,1-13H3,(H,33,37)/b21-18+/t25-,26-,27-/m1/s1. The van der Waals surface area contributed by atoms with E-state index in [1.165, 1.54) is 7.11 Å². The van der Waals surface area contributed by atoms with Gasteiger partial charge in [0.2, 0.25) is 11.8 Å². The highest BCUT2D eigenvalue weighted by atomic mass is 16.5. The van der Waals surface area contributed by atoms with Gasteiger partial charge in [0.25, 0.3) is 0 Å². The van der Waals surface area contributed by atoms with Crippen LogP contribution in [0.4, 0.5) is 0 Å². The van der Waals surface area contributed by atoms with Crippen LogP contribution in [0.15, 0.2) is 42.1 Å². The molecule has 1 heterocycles. The first-order valence-electron chi connectivity index (χ1n) is 13.9. The van der Waals surface area contributed by atoms with Crippen LogP contribution in [0.3, 0.4) is 0 Å². The lowest BCUT2D eigenvalue weighted by Gasteiger charge is -2.41. The summed E-state index contributed by atoms with van der Waals surface area (Å²) in [7, 11) is 8.87. The third-order valence-electron chi connectivity index (χ3n) is 7.85. The highest BCUT2D eigenvalue weighted by molar-refractivity contribution is 5.93. The molecule has 1 aromatic heterocycles. The van der Waals surface area contributed by atoms with Crippen LogP contribution >= 0.6 is 0 Å². The normalized spacial score (nSPS) is 15.2. The molecule has 0 aliphatic carbocycles. The molecule has 2 aromatic rings. The maximum atomic E-state index is 14.1. The first-order chi connectivity index (χ1) is 18.4. The number of nitrogens with one attached hydrogen (secondary N) is 1. The zero-order valence-corrected chi connectivity index (χ0v) is 26.7. The summed E-state index contributed by atoms with van der Waals surface area (Å²) in [6, 6.07) is 6.49. The minimum Gasteiger partial charge on any atom is -0.466 e. The van der Waals surface area contributed by atoms with Gasteiger partial charge >= 0.3 is 5.97 Å². The van der Waals surface area contributed by atoms with Gasteiger partial charge in [0.15, 0.2) is 0 Å². The zero-order valence-electron chi connectivity index (χ0n) is 26.7. The molecule has 8 heteroatoms. The second-order valence-corrected chi connectivity index (χ2v) is 13.1. The number of aromatic nitrogens is 1. The molecule has 0 unspecified atom stereocenters. The summed E-state index contributed by atoms with van der Waals surface area (Å²) in [4.78, 5) is 43.8. The monoisotopic (exact) mass is 554 g/mol. The molecule has 0 aliphatic heterocycles. The van der Waals surface area contributed by atoms with E-state index in [2.05, 4.69) is 42.1 Å². The maximum Gasteiger partial charge on any atom is 0.333 e. The average molecular weight is 555 g/mol. The number of ether oxygens (including phenoxy) is 1. The van der Waals surface area contributed by atoms with E-state index in [4.69, 9.17) is 4.74 Å². The molecule has 1 aromatic carbocycles. The van der Waals surface area contributed by atoms with Crippen LogP contribution in [0, 0.1) is 11.3 Å². The molecular weight excluding hydrogens is 504 g/mol. The summed E-state index contributed by atoms with van der Waals surface area (Å²) >= 11 is 0. The largest absolute Gasteiger partial charge is 0.466 e. The van der Waals surface area contributed by atoms with Crippen LogP contribution in [-0.4, -0.2) is 78.5 Å². The van der Waals surface area contributed by atoms with Crippen molar-refractivity contribution < 1.29 is 19.1 Å². The first-order valence-corrected chi connectivity index (χ1v) is 13.9. The van der Waals surface area contributed by atoms with Crippen molar-refractivity contribution in [2.75, 3.05) is 28.3 Å². The van der Waals surface area contributed by atoms with E-state index in [1.807, 2.05) is 72.8 Å². The molecule has 222 valence electrons. The second-order valence-electron chi connectivity index (χ2n) is 13.1. The van der Waals surface area contributed by atoms with Crippen molar-refractivity contribution in [2.45, 2.75) is 78.9 Å². The second kappa shape index (κ2) is 12.6. The number of hydrogen-bond acceptors (Lipinski definition) is 5. The number of carbonyl (C=O) groups excluding carboxylic acids is 3. The Labute approximate surface area is 240 Å². The van der Waals surface area contributed by atoms with Crippen LogP contribution < -0.4 is 5.32 Å². The number of fused-ring (bicyclic) bond motifs is 1. The van der Waals surface area contributed by atoms with Gasteiger partial charge in [-0.25, -0.2) is 4.79 Å². The van der Waals surface area contributed by atoms with E-state index in [0.29, 0.717) is 5.57 Å². The van der Waals surface area contributed by atoms with E-state index >= 15 is 0 Å². The fraction of sp³-hybridized carbons (Fsp3) is 0.594. The third kappa shape index (κ3) is 6.95. The highest BCUT2D eigenvalue weighted by Gasteiger charge is 2.44. The third-order valence-corrected chi connectivity index (χ3v) is 7.85. The van der Waals surface area contributed by atoms with E-state index in [1.54, 1.807) is 24.9 Å². The van der Waals surface area contributed by atoms with E-state index in [0.717, 1.165) is 16.5 Å². The zero-order chi connectivity index (χ0) is 30.7. The van der Waals surface area contributed by atoms with Crippen molar-refractivity contribution in [2.24, 2.45) is 18.4 Å². The molecular formula is C32H50N4O4. The minimum atomic E-state index is -0.788. The summed E-state index contributed by atoms with van der Waals surface area (Å²) in [5.74, 6) is -0.831. The molecule has 0 bridgehead atoms.